The number of amides is 4. The number of likely N-dealkylation sites (tertiary alicyclic amines) is 1. The number of imide groups is 1. The fraction of sp³-hybridized carbons (Fsp3) is 0.340. The molecule has 2 fully saturated rings. The van der Waals surface area contributed by atoms with Crippen LogP contribution in [0.3, 0.4) is 0 Å². The number of nitrogens with one attached hydrogen (secondary N) is 3. The van der Waals surface area contributed by atoms with Gasteiger partial charge in [-0.15, -0.1) is 0 Å². The Bertz CT molecular complexity index is 3200. The Balaban J connectivity index is 0.703. The fourth-order valence-corrected chi connectivity index (χ4v) is 11.1. The van der Waals surface area contributed by atoms with Gasteiger partial charge in [-0.1, -0.05) is 36.5 Å². The molecule has 3 aliphatic heterocycles. The van der Waals surface area contributed by atoms with Gasteiger partial charge in [0.05, 0.1) is 40.5 Å². The van der Waals surface area contributed by atoms with Crippen LogP contribution in [0.4, 0.5) is 16.6 Å². The highest BCUT2D eigenvalue weighted by atomic mass is 32.1. The van der Waals surface area contributed by atoms with E-state index < -0.39 is 11.9 Å². The van der Waals surface area contributed by atoms with Gasteiger partial charge in [0.2, 0.25) is 17.7 Å². The Labute approximate surface area is 413 Å². The smallest absolute Gasteiger partial charge is 0.355 e. The molecule has 364 valence electrons. The minimum absolute atomic E-state index is 0.0588. The molecule has 4 amide bonds. The highest BCUT2D eigenvalue weighted by Crippen LogP contribution is 2.35. The number of carboxylic acids is 1. The number of carbonyl (C=O) groups excluding carboxylic acids is 4. The highest BCUT2D eigenvalue weighted by Gasteiger charge is 2.32. The topological polar surface area (TPSA) is 214 Å². The predicted octanol–water partition coefficient (Wildman–Crippen LogP) is 7.74. The Morgan fingerprint density at radius 3 is 2.52 bits per heavy atom. The lowest BCUT2D eigenvalue weighted by Gasteiger charge is -2.32. The number of ether oxygens (including phenoxy) is 1. The van der Waals surface area contributed by atoms with Crippen LogP contribution in [0.2, 0.25) is 0 Å². The average Bonchev–Trinajstić information content (AvgIpc) is 3.92. The number of nitrogens with zero attached hydrogens (tertiary/aromatic N) is 7. The number of fused-ring (bicyclic) bond motifs is 3. The Kier molecular flexibility index (Phi) is 13.3. The Morgan fingerprint density at radius 2 is 1.73 bits per heavy atom. The maximum absolute atomic E-state index is 13.6. The number of aromatic nitrogens is 5. The molecular weight excluding hydrogens is 921 g/mol. The fourth-order valence-electron chi connectivity index (χ4n) is 10.2. The first-order chi connectivity index (χ1) is 34.3. The van der Waals surface area contributed by atoms with Gasteiger partial charge in [-0.25, -0.2) is 14.8 Å². The summed E-state index contributed by atoms with van der Waals surface area (Å²) in [6.07, 6.45) is 5.95. The number of benzene rings is 3. The molecule has 3 aromatic carbocycles. The summed E-state index contributed by atoms with van der Waals surface area (Å²) < 4.78 is 8.97. The first-order valence-electron chi connectivity index (χ1n) is 24.0. The number of para-hydroxylation sites is 1. The number of carbonyl (C=O) groups is 5. The van der Waals surface area contributed by atoms with Gasteiger partial charge < -0.3 is 20.1 Å². The Hall–Kier alpha value is -7.57. The van der Waals surface area contributed by atoms with E-state index in [1.165, 1.54) is 11.3 Å². The molecule has 2 atom stereocenters. The molecule has 4 N–H and O–H groups in total. The third kappa shape index (κ3) is 10.2. The number of rotatable bonds is 14. The lowest BCUT2D eigenvalue weighted by atomic mass is 9.88. The van der Waals surface area contributed by atoms with Crippen molar-refractivity contribution < 1.29 is 33.8 Å². The third-order valence-electron chi connectivity index (χ3n) is 13.9. The van der Waals surface area contributed by atoms with Crippen LogP contribution in [0, 0.1) is 18.8 Å². The summed E-state index contributed by atoms with van der Waals surface area (Å²) in [7, 11) is 1.81. The number of anilines is 3. The molecule has 7 aromatic rings. The van der Waals surface area contributed by atoms with Gasteiger partial charge in [-0.05, 0) is 141 Å². The minimum atomic E-state index is -1.14. The lowest BCUT2D eigenvalue weighted by Crippen LogP contribution is -2.39. The molecule has 0 radical (unpaired) electrons. The number of carboxylic acid groups (broad SMARTS) is 1. The molecule has 71 heavy (non-hydrogen) atoms. The molecule has 2 saturated heterocycles. The van der Waals surface area contributed by atoms with Crippen LogP contribution in [0.1, 0.15) is 88.3 Å². The van der Waals surface area contributed by atoms with Crippen LogP contribution in [0.15, 0.2) is 85.1 Å². The highest BCUT2D eigenvalue weighted by molar-refractivity contribution is 7.22. The van der Waals surface area contributed by atoms with Crippen molar-refractivity contribution in [3.8, 4) is 16.9 Å². The second-order valence-corrected chi connectivity index (χ2v) is 20.0. The van der Waals surface area contributed by atoms with Gasteiger partial charge in [0.1, 0.15) is 17.3 Å². The number of piperidine rings is 2. The zero-order valence-electron chi connectivity index (χ0n) is 39.7. The second kappa shape index (κ2) is 20.0. The van der Waals surface area contributed by atoms with E-state index in [-0.39, 0.29) is 35.7 Å². The number of pyridine rings is 2. The van der Waals surface area contributed by atoms with Gasteiger partial charge in [-0.2, -0.15) is 5.10 Å². The van der Waals surface area contributed by atoms with E-state index in [1.807, 2.05) is 84.6 Å². The first-order valence-corrected chi connectivity index (χ1v) is 24.8. The molecule has 3 aliphatic rings. The SMILES string of the molecule is Cc1cc(OCC(C)CC2CCN(CC(=O)Nc3ccc4c(C5CCC(=O)NC5=O)nn(C)c4c3)CC2)ccc1-c1ccc(N2CCc3ccnc(C(=O)Nc4nc5ccccc5s4)c3C2)nc1C(=O)O. The van der Waals surface area contributed by atoms with E-state index in [9.17, 15) is 29.1 Å². The zero-order chi connectivity index (χ0) is 49.3. The normalized spacial score (nSPS) is 16.9. The van der Waals surface area contributed by atoms with E-state index in [4.69, 9.17) is 4.74 Å². The molecule has 2 unspecified atom stereocenters. The maximum atomic E-state index is 13.6. The van der Waals surface area contributed by atoms with E-state index >= 15 is 0 Å². The molecule has 7 heterocycles. The second-order valence-electron chi connectivity index (χ2n) is 18.9. The van der Waals surface area contributed by atoms with Gasteiger partial charge in [0.15, 0.2) is 10.8 Å². The molecular formula is C53H54N10O7S. The van der Waals surface area contributed by atoms with Crippen molar-refractivity contribution in [1.29, 1.82) is 0 Å². The van der Waals surface area contributed by atoms with Crippen LogP contribution in [0.25, 0.3) is 32.2 Å². The van der Waals surface area contributed by atoms with Gasteiger partial charge in [-0.3, -0.25) is 44.4 Å². The summed E-state index contributed by atoms with van der Waals surface area (Å²) in [4.78, 5) is 81.5. The first kappa shape index (κ1) is 47.1. The summed E-state index contributed by atoms with van der Waals surface area (Å²) in [6, 6.07) is 24.5. The average molecular weight is 975 g/mol. The predicted molar refractivity (Wildman–Crippen MR) is 271 cm³/mol. The van der Waals surface area contributed by atoms with Crippen LogP contribution in [-0.2, 0) is 34.4 Å². The zero-order valence-corrected chi connectivity index (χ0v) is 40.6. The maximum Gasteiger partial charge on any atom is 0.355 e. The number of thiazole rings is 1. The number of aromatic carboxylic acids is 1. The van der Waals surface area contributed by atoms with Crippen LogP contribution < -0.4 is 25.6 Å². The van der Waals surface area contributed by atoms with Crippen molar-refractivity contribution in [2.24, 2.45) is 18.9 Å². The monoisotopic (exact) mass is 974 g/mol. The summed E-state index contributed by atoms with van der Waals surface area (Å²) in [5.41, 5.74) is 7.04. The van der Waals surface area contributed by atoms with Crippen LogP contribution >= 0.6 is 11.3 Å². The molecule has 0 saturated carbocycles. The van der Waals surface area contributed by atoms with Crippen molar-refractivity contribution in [3.63, 3.8) is 0 Å². The molecule has 18 heteroatoms. The summed E-state index contributed by atoms with van der Waals surface area (Å²) in [5.74, 6) is -0.644. The summed E-state index contributed by atoms with van der Waals surface area (Å²) in [6.45, 7) is 7.54. The quantitative estimate of drug-likeness (QED) is 0.0769. The van der Waals surface area contributed by atoms with E-state index in [0.717, 1.165) is 75.7 Å². The minimum Gasteiger partial charge on any atom is -0.493 e. The van der Waals surface area contributed by atoms with E-state index in [0.29, 0.717) is 90.3 Å². The molecule has 0 bridgehead atoms. The van der Waals surface area contributed by atoms with Crippen molar-refractivity contribution in [2.45, 2.75) is 64.8 Å². The number of hydrogen-bond donors (Lipinski definition) is 4. The molecule has 0 aliphatic carbocycles. The van der Waals surface area contributed by atoms with Crippen LogP contribution in [-0.4, -0.2) is 97.1 Å². The van der Waals surface area contributed by atoms with Gasteiger partial charge >= 0.3 is 5.97 Å². The molecule has 10 rings (SSSR count). The van der Waals surface area contributed by atoms with Crippen molar-refractivity contribution in [3.05, 3.63) is 119 Å². The summed E-state index contributed by atoms with van der Waals surface area (Å²) >= 11 is 1.40. The van der Waals surface area contributed by atoms with Gasteiger partial charge in [0, 0.05) is 55.0 Å². The van der Waals surface area contributed by atoms with E-state index in [2.05, 4.69) is 47.8 Å². The molecule has 17 nitrogen and oxygen atoms in total. The Morgan fingerprint density at radius 1 is 0.915 bits per heavy atom. The number of hydrogen-bond acceptors (Lipinski definition) is 13. The van der Waals surface area contributed by atoms with E-state index in [1.54, 1.807) is 24.0 Å². The van der Waals surface area contributed by atoms with Crippen molar-refractivity contribution in [1.82, 2.24) is 34.9 Å². The number of aryl methyl sites for hydroxylation is 2. The lowest BCUT2D eigenvalue weighted by molar-refractivity contribution is -0.134. The van der Waals surface area contributed by atoms with Crippen molar-refractivity contribution in [2.75, 3.05) is 48.3 Å². The van der Waals surface area contributed by atoms with Gasteiger partial charge in [0.25, 0.3) is 5.91 Å². The standard InChI is InChI=1S/C53H54N10O7S/c1-30(24-32-17-21-62(22-18-32)28-46(65)55-34-8-10-38-42(26-34)61(3)60-47(38)39-13-15-45(64)58-50(39)66)29-70-35-9-11-36(31(2)25-35)37-12-14-44(57-49(37)52(68)69)63-23-19-33-16-20-54-48(40(33)27-63)51(67)59-53-56-41-6-4-5-7-43(41)71-53/h4-12,14,16,20,25-26,30,32,39H,13,15,17-19,21-24,27-29H2,1-3H3,(H,55,65)(H,68,69)(H,56,59,67)(H,58,64,66). The molecule has 4 aromatic heterocycles. The molecule has 0 spiro atoms. The third-order valence-corrected chi connectivity index (χ3v) is 14.8. The van der Waals surface area contributed by atoms with Crippen molar-refractivity contribution >= 4 is 78.7 Å². The largest absolute Gasteiger partial charge is 0.493 e. The summed E-state index contributed by atoms with van der Waals surface area (Å²) in [5, 5.41) is 24.7. The van der Waals surface area contributed by atoms with Crippen LogP contribution in [0.5, 0.6) is 5.75 Å².